The molecule has 0 radical (unpaired) electrons. The zero-order chi connectivity index (χ0) is 19.5. The van der Waals surface area contributed by atoms with E-state index in [4.69, 9.17) is 0 Å². The molecule has 0 aromatic carbocycles. The van der Waals surface area contributed by atoms with Crippen LogP contribution in [0.15, 0.2) is 0 Å². The van der Waals surface area contributed by atoms with Crippen molar-refractivity contribution in [1.29, 1.82) is 0 Å². The fraction of sp³-hybridized carbons (Fsp3) is 1.00. The molecule has 0 fully saturated rings. The second kappa shape index (κ2) is 4.95. The molecule has 1 unspecified atom stereocenters. The number of alkyl halides is 15. The summed E-state index contributed by atoms with van der Waals surface area (Å²) in [7, 11) is 0. The normalized spacial score (nSPS) is 18.8. The molecule has 0 spiro atoms. The van der Waals surface area contributed by atoms with Gasteiger partial charge in [-0.25, -0.2) is 4.39 Å². The summed E-state index contributed by atoms with van der Waals surface area (Å²) in [5, 5.41) is 0. The van der Waals surface area contributed by atoms with Crippen molar-refractivity contribution < 1.29 is 65.9 Å². The molecule has 0 saturated heterocycles. The number of hydrogen-bond donors (Lipinski definition) is 1. The Morgan fingerprint density at radius 3 is 0.826 bits per heavy atom. The number of halogens is 15. The van der Waals surface area contributed by atoms with Crippen LogP contribution in [-0.2, 0) is 0 Å². The van der Waals surface area contributed by atoms with Crippen molar-refractivity contribution in [2.75, 3.05) is 0 Å². The van der Waals surface area contributed by atoms with Crippen molar-refractivity contribution in [2.24, 2.45) is 5.73 Å². The van der Waals surface area contributed by atoms with Gasteiger partial charge in [-0.3, -0.25) is 5.73 Å². The van der Waals surface area contributed by atoms with E-state index < -0.39 is 41.8 Å². The molecule has 1 atom stereocenters. The van der Waals surface area contributed by atoms with Crippen LogP contribution in [0, 0.1) is 0 Å². The van der Waals surface area contributed by atoms with E-state index in [0.717, 1.165) is 0 Å². The zero-order valence-corrected chi connectivity index (χ0v) is 9.75. The van der Waals surface area contributed by atoms with Crippen molar-refractivity contribution >= 4 is 0 Å². The minimum absolute atomic E-state index is 3.12. The first-order valence-electron chi connectivity index (χ1n) is 4.62. The Kier molecular flexibility index (Phi) is 4.72. The quantitative estimate of drug-likeness (QED) is 0.568. The molecule has 0 saturated carbocycles. The van der Waals surface area contributed by atoms with E-state index in [2.05, 4.69) is 5.73 Å². The Morgan fingerprint density at radius 1 is 0.348 bits per heavy atom. The average molecular weight is 385 g/mol. The maximum atomic E-state index is 12.9. The molecule has 0 amide bonds. The summed E-state index contributed by atoms with van der Waals surface area (Å²) in [6.45, 7) is 0. The molecule has 0 heterocycles. The largest absolute Gasteiger partial charge is 0.460 e. The molecular weight excluding hydrogens is 383 g/mol. The van der Waals surface area contributed by atoms with E-state index in [1.807, 2.05) is 0 Å². The van der Waals surface area contributed by atoms with E-state index in [9.17, 15) is 65.9 Å². The summed E-state index contributed by atoms with van der Waals surface area (Å²) in [5.74, 6) is -38.9. The third-order valence-corrected chi connectivity index (χ3v) is 2.41. The average Bonchev–Trinajstić information content (AvgIpc) is 2.24. The lowest BCUT2D eigenvalue weighted by atomic mass is 9.91. The summed E-state index contributed by atoms with van der Waals surface area (Å²) in [5.41, 5.74) is 3.12. The number of rotatable bonds is 4. The standard InChI is InChI=1S/C7H2F15N/c8-1(9,3(12,13)6(17,18)19)2(10,11)5(16,23)4(14,15)7(20,21)22/h23H2. The lowest BCUT2D eigenvalue weighted by molar-refractivity contribution is -0.439. The van der Waals surface area contributed by atoms with Crippen LogP contribution < -0.4 is 5.73 Å². The highest BCUT2D eigenvalue weighted by atomic mass is 19.4. The lowest BCUT2D eigenvalue weighted by Gasteiger charge is -2.42. The number of hydrogen-bond acceptors (Lipinski definition) is 1. The van der Waals surface area contributed by atoms with Crippen molar-refractivity contribution in [3.05, 3.63) is 0 Å². The van der Waals surface area contributed by atoms with E-state index in [1.54, 1.807) is 0 Å². The van der Waals surface area contributed by atoms with Gasteiger partial charge in [0.05, 0.1) is 0 Å². The molecule has 0 aromatic rings. The number of nitrogens with two attached hydrogens (primary N) is 1. The first-order valence-corrected chi connectivity index (χ1v) is 4.62. The van der Waals surface area contributed by atoms with Crippen LogP contribution >= 0.6 is 0 Å². The van der Waals surface area contributed by atoms with Gasteiger partial charge >= 0.3 is 41.8 Å². The SMILES string of the molecule is NC(F)(C(F)(F)C(F)(F)F)C(F)(F)C(F)(F)C(F)(F)C(F)(F)F. The van der Waals surface area contributed by atoms with Gasteiger partial charge in [0.15, 0.2) is 0 Å². The summed E-state index contributed by atoms with van der Waals surface area (Å²) < 4.78 is 183. The van der Waals surface area contributed by atoms with Crippen LogP contribution in [0.5, 0.6) is 0 Å². The van der Waals surface area contributed by atoms with Gasteiger partial charge in [-0.2, -0.15) is 61.5 Å². The molecule has 0 aliphatic rings. The maximum Gasteiger partial charge on any atom is 0.460 e. The maximum absolute atomic E-state index is 12.9. The topological polar surface area (TPSA) is 26.0 Å². The smallest absolute Gasteiger partial charge is 0.288 e. The molecule has 16 heteroatoms. The van der Waals surface area contributed by atoms with Crippen molar-refractivity contribution in [1.82, 2.24) is 0 Å². The van der Waals surface area contributed by atoms with Crippen LogP contribution in [0.25, 0.3) is 0 Å². The predicted octanol–water partition coefficient (Wildman–Crippen LogP) is 4.28. The molecule has 2 N–H and O–H groups in total. The molecule has 0 aliphatic heterocycles. The molecule has 23 heavy (non-hydrogen) atoms. The highest BCUT2D eigenvalue weighted by Gasteiger charge is 2.91. The second-order valence-electron chi connectivity index (χ2n) is 4.00. The van der Waals surface area contributed by atoms with Gasteiger partial charge in [-0.1, -0.05) is 0 Å². The van der Waals surface area contributed by atoms with Gasteiger partial charge in [-0.05, 0) is 0 Å². The zero-order valence-electron chi connectivity index (χ0n) is 9.75. The van der Waals surface area contributed by atoms with Gasteiger partial charge in [0.25, 0.3) is 0 Å². The molecule has 0 aliphatic carbocycles. The van der Waals surface area contributed by atoms with E-state index >= 15 is 0 Å². The Labute approximate surface area is 115 Å². The van der Waals surface area contributed by atoms with E-state index in [1.165, 1.54) is 0 Å². The molecule has 140 valence electrons. The van der Waals surface area contributed by atoms with Crippen LogP contribution in [0.1, 0.15) is 0 Å². The van der Waals surface area contributed by atoms with Gasteiger partial charge in [0, 0.05) is 0 Å². The van der Waals surface area contributed by atoms with Crippen LogP contribution in [-0.4, -0.2) is 41.8 Å². The fourth-order valence-electron chi connectivity index (χ4n) is 1.01. The van der Waals surface area contributed by atoms with Gasteiger partial charge in [-0.15, -0.1) is 0 Å². The van der Waals surface area contributed by atoms with Gasteiger partial charge in [0.1, 0.15) is 0 Å². The third-order valence-electron chi connectivity index (χ3n) is 2.41. The molecule has 0 bridgehead atoms. The molecule has 0 aromatic heterocycles. The van der Waals surface area contributed by atoms with Crippen LogP contribution in [0.3, 0.4) is 0 Å². The monoisotopic (exact) mass is 385 g/mol. The van der Waals surface area contributed by atoms with E-state index in [-0.39, 0.29) is 0 Å². The first-order chi connectivity index (χ1) is 9.50. The molecular formula is C7H2F15N. The minimum atomic E-state index is -8.09. The highest BCUT2D eigenvalue weighted by Crippen LogP contribution is 2.60. The summed E-state index contributed by atoms with van der Waals surface area (Å²) in [6, 6.07) is 0. The van der Waals surface area contributed by atoms with Crippen LogP contribution in [0.4, 0.5) is 65.9 Å². The summed E-state index contributed by atoms with van der Waals surface area (Å²) >= 11 is 0. The molecule has 0 rings (SSSR count). The Morgan fingerprint density at radius 2 is 0.609 bits per heavy atom. The third kappa shape index (κ3) is 2.67. The van der Waals surface area contributed by atoms with Crippen LogP contribution in [0.2, 0.25) is 0 Å². The molecule has 1 nitrogen and oxygen atoms in total. The van der Waals surface area contributed by atoms with Crippen molar-refractivity contribution in [3.63, 3.8) is 0 Å². The summed E-state index contributed by atoms with van der Waals surface area (Å²) in [4.78, 5) is 0. The first kappa shape index (κ1) is 21.9. The predicted molar refractivity (Wildman–Crippen MR) is 39.9 cm³/mol. The van der Waals surface area contributed by atoms with Gasteiger partial charge < -0.3 is 0 Å². The van der Waals surface area contributed by atoms with Gasteiger partial charge in [0.2, 0.25) is 0 Å². The van der Waals surface area contributed by atoms with Crippen molar-refractivity contribution in [2.45, 2.75) is 41.8 Å². The van der Waals surface area contributed by atoms with Crippen molar-refractivity contribution in [3.8, 4) is 0 Å². The fourth-order valence-corrected chi connectivity index (χ4v) is 1.01. The summed E-state index contributed by atoms with van der Waals surface area (Å²) in [6.07, 6.45) is -15.0. The Bertz CT molecular complexity index is 400. The second-order valence-corrected chi connectivity index (χ2v) is 4.00. The van der Waals surface area contributed by atoms with E-state index in [0.29, 0.717) is 0 Å². The lowest BCUT2D eigenvalue weighted by Crippen LogP contribution is -2.77. The minimum Gasteiger partial charge on any atom is -0.288 e. The Hall–Kier alpha value is -1.09. The highest BCUT2D eigenvalue weighted by molar-refractivity contribution is 5.13. The Balaban J connectivity index is 6.37.